The lowest BCUT2D eigenvalue weighted by Gasteiger charge is -2.27. The molecular formula is C14H20N4OS. The molecule has 1 aliphatic heterocycles. The van der Waals surface area contributed by atoms with Crippen LogP contribution in [0.5, 0.6) is 0 Å². The van der Waals surface area contributed by atoms with Gasteiger partial charge in [0, 0.05) is 18.6 Å². The Balaban J connectivity index is 1.58. The molecule has 20 heavy (non-hydrogen) atoms. The summed E-state index contributed by atoms with van der Waals surface area (Å²) in [5, 5.41) is 6.37. The maximum atomic E-state index is 11.4. The molecule has 1 amide bonds. The van der Waals surface area contributed by atoms with Crippen LogP contribution in [0.2, 0.25) is 0 Å². The lowest BCUT2D eigenvalue weighted by molar-refractivity contribution is -0.113. The predicted molar refractivity (Wildman–Crippen MR) is 80.7 cm³/mol. The molecule has 3 rings (SSSR count). The van der Waals surface area contributed by atoms with Crippen molar-refractivity contribution >= 4 is 23.5 Å². The van der Waals surface area contributed by atoms with Gasteiger partial charge in [0.25, 0.3) is 0 Å². The standard InChI is InChI=1S/C14H20N4OS/c15-9-1-3-10(4-2-9)16-7-11-5-6-12-14(17-11)18-13(19)8-20-12/h5-6,9-10,16H,1-4,7-8,15H2,(H,17,18,19). The summed E-state index contributed by atoms with van der Waals surface area (Å²) in [4.78, 5) is 16.9. The van der Waals surface area contributed by atoms with Crippen molar-refractivity contribution in [2.24, 2.45) is 5.73 Å². The molecule has 0 saturated heterocycles. The zero-order valence-electron chi connectivity index (χ0n) is 11.4. The number of thioether (sulfide) groups is 1. The lowest BCUT2D eigenvalue weighted by atomic mass is 9.92. The molecule has 0 radical (unpaired) electrons. The van der Waals surface area contributed by atoms with Crippen molar-refractivity contribution in [2.45, 2.75) is 49.2 Å². The van der Waals surface area contributed by atoms with Crippen LogP contribution in [0.4, 0.5) is 5.82 Å². The van der Waals surface area contributed by atoms with Gasteiger partial charge in [0.1, 0.15) is 5.82 Å². The van der Waals surface area contributed by atoms with Crippen LogP contribution in [-0.4, -0.2) is 28.7 Å². The monoisotopic (exact) mass is 292 g/mol. The molecule has 1 fully saturated rings. The first kappa shape index (κ1) is 13.9. The number of anilines is 1. The highest BCUT2D eigenvalue weighted by molar-refractivity contribution is 8.00. The Kier molecular flexibility index (Phi) is 4.24. The van der Waals surface area contributed by atoms with Gasteiger partial charge in [-0.2, -0.15) is 0 Å². The molecule has 0 aromatic carbocycles. The number of nitrogens with one attached hydrogen (secondary N) is 2. The summed E-state index contributed by atoms with van der Waals surface area (Å²) in [5.41, 5.74) is 6.88. The molecule has 0 atom stereocenters. The molecule has 0 unspecified atom stereocenters. The first-order valence-corrected chi connectivity index (χ1v) is 8.11. The third kappa shape index (κ3) is 3.31. The van der Waals surface area contributed by atoms with Gasteiger partial charge in [-0.25, -0.2) is 4.98 Å². The van der Waals surface area contributed by atoms with Crippen molar-refractivity contribution in [3.05, 3.63) is 17.8 Å². The van der Waals surface area contributed by atoms with Crippen LogP contribution in [0.3, 0.4) is 0 Å². The second-order valence-electron chi connectivity index (χ2n) is 5.48. The van der Waals surface area contributed by atoms with E-state index in [0.29, 0.717) is 23.7 Å². The van der Waals surface area contributed by atoms with E-state index in [1.165, 1.54) is 0 Å². The average Bonchev–Trinajstić information content (AvgIpc) is 2.46. The summed E-state index contributed by atoms with van der Waals surface area (Å²) < 4.78 is 0. The molecule has 1 aromatic rings. The second-order valence-corrected chi connectivity index (χ2v) is 6.50. The van der Waals surface area contributed by atoms with E-state index in [1.807, 2.05) is 12.1 Å². The van der Waals surface area contributed by atoms with E-state index in [2.05, 4.69) is 15.6 Å². The second kappa shape index (κ2) is 6.11. The van der Waals surface area contributed by atoms with Gasteiger partial charge in [0.05, 0.1) is 16.3 Å². The van der Waals surface area contributed by atoms with Crippen LogP contribution in [0.1, 0.15) is 31.4 Å². The molecule has 1 aromatic heterocycles. The van der Waals surface area contributed by atoms with Gasteiger partial charge in [-0.1, -0.05) is 0 Å². The smallest absolute Gasteiger partial charge is 0.235 e. The van der Waals surface area contributed by atoms with Crippen molar-refractivity contribution < 1.29 is 4.79 Å². The van der Waals surface area contributed by atoms with Crippen molar-refractivity contribution in [3.8, 4) is 0 Å². The first-order valence-electron chi connectivity index (χ1n) is 7.12. The fourth-order valence-electron chi connectivity index (χ4n) is 2.67. The van der Waals surface area contributed by atoms with E-state index in [-0.39, 0.29) is 5.91 Å². The fourth-order valence-corrected chi connectivity index (χ4v) is 3.43. The maximum Gasteiger partial charge on any atom is 0.235 e. The highest BCUT2D eigenvalue weighted by Crippen LogP contribution is 2.29. The van der Waals surface area contributed by atoms with Crippen molar-refractivity contribution in [3.63, 3.8) is 0 Å². The lowest BCUT2D eigenvalue weighted by Crippen LogP contribution is -2.37. The average molecular weight is 292 g/mol. The van der Waals surface area contributed by atoms with Crippen LogP contribution in [-0.2, 0) is 11.3 Å². The molecule has 4 N–H and O–H groups in total. The van der Waals surface area contributed by atoms with E-state index >= 15 is 0 Å². The van der Waals surface area contributed by atoms with Gasteiger partial charge in [-0.15, -0.1) is 11.8 Å². The summed E-state index contributed by atoms with van der Waals surface area (Å²) in [6, 6.07) is 4.99. The Morgan fingerprint density at radius 2 is 2.15 bits per heavy atom. The molecule has 2 heterocycles. The normalized spacial score (nSPS) is 25.9. The van der Waals surface area contributed by atoms with Crippen LogP contribution >= 0.6 is 11.8 Å². The summed E-state index contributed by atoms with van der Waals surface area (Å²) in [6.45, 7) is 0.744. The summed E-state index contributed by atoms with van der Waals surface area (Å²) in [5.74, 6) is 1.21. The quantitative estimate of drug-likeness (QED) is 0.786. The Bertz CT molecular complexity index is 500. The SMILES string of the molecule is NC1CCC(NCc2ccc3c(n2)NC(=O)CS3)CC1. The number of pyridine rings is 1. The van der Waals surface area contributed by atoms with Crippen molar-refractivity contribution in [1.29, 1.82) is 0 Å². The molecular weight excluding hydrogens is 272 g/mol. The van der Waals surface area contributed by atoms with Gasteiger partial charge in [0.15, 0.2) is 0 Å². The Labute approximate surface area is 123 Å². The van der Waals surface area contributed by atoms with Gasteiger partial charge >= 0.3 is 0 Å². The zero-order valence-corrected chi connectivity index (χ0v) is 12.2. The molecule has 0 bridgehead atoms. The highest BCUT2D eigenvalue weighted by Gasteiger charge is 2.19. The van der Waals surface area contributed by atoms with Crippen molar-refractivity contribution in [2.75, 3.05) is 11.1 Å². The minimum absolute atomic E-state index is 0.0291. The summed E-state index contributed by atoms with van der Waals surface area (Å²) in [7, 11) is 0. The predicted octanol–water partition coefficient (Wildman–Crippen LogP) is 1.49. The van der Waals surface area contributed by atoms with Crippen LogP contribution in [0, 0.1) is 0 Å². The van der Waals surface area contributed by atoms with Gasteiger partial charge in [-0.05, 0) is 37.8 Å². The van der Waals surface area contributed by atoms with E-state index < -0.39 is 0 Å². The fraction of sp³-hybridized carbons (Fsp3) is 0.571. The minimum Gasteiger partial charge on any atom is -0.328 e. The first-order chi connectivity index (χ1) is 9.70. The number of fused-ring (bicyclic) bond motifs is 1. The third-order valence-corrected chi connectivity index (χ3v) is 4.92. The molecule has 1 aliphatic carbocycles. The van der Waals surface area contributed by atoms with Crippen LogP contribution in [0.25, 0.3) is 0 Å². The van der Waals surface area contributed by atoms with Crippen LogP contribution in [0.15, 0.2) is 17.0 Å². The maximum absolute atomic E-state index is 11.4. The molecule has 1 saturated carbocycles. The van der Waals surface area contributed by atoms with E-state index in [0.717, 1.165) is 42.8 Å². The minimum atomic E-state index is 0.0291. The number of aromatic nitrogens is 1. The third-order valence-electron chi connectivity index (χ3n) is 3.88. The summed E-state index contributed by atoms with van der Waals surface area (Å²) in [6.07, 6.45) is 4.47. The van der Waals surface area contributed by atoms with Gasteiger partial charge in [0.2, 0.25) is 5.91 Å². The Hall–Kier alpha value is -1.11. The highest BCUT2D eigenvalue weighted by atomic mass is 32.2. The number of amides is 1. The number of nitrogens with zero attached hydrogens (tertiary/aromatic N) is 1. The number of nitrogens with two attached hydrogens (primary N) is 1. The largest absolute Gasteiger partial charge is 0.328 e. The van der Waals surface area contributed by atoms with Gasteiger partial charge < -0.3 is 16.4 Å². The van der Waals surface area contributed by atoms with E-state index in [4.69, 9.17) is 5.73 Å². The molecule has 2 aliphatic rings. The Morgan fingerprint density at radius 3 is 2.95 bits per heavy atom. The molecule has 5 nitrogen and oxygen atoms in total. The summed E-state index contributed by atoms with van der Waals surface area (Å²) >= 11 is 1.54. The number of hydrogen-bond acceptors (Lipinski definition) is 5. The molecule has 6 heteroatoms. The van der Waals surface area contributed by atoms with Crippen molar-refractivity contribution in [1.82, 2.24) is 10.3 Å². The van der Waals surface area contributed by atoms with Crippen LogP contribution < -0.4 is 16.4 Å². The Morgan fingerprint density at radius 1 is 1.35 bits per heavy atom. The topological polar surface area (TPSA) is 80.0 Å². The number of rotatable bonds is 3. The van der Waals surface area contributed by atoms with E-state index in [1.54, 1.807) is 11.8 Å². The number of hydrogen-bond donors (Lipinski definition) is 3. The number of carbonyl (C=O) groups excluding carboxylic acids is 1. The van der Waals surface area contributed by atoms with E-state index in [9.17, 15) is 4.79 Å². The zero-order chi connectivity index (χ0) is 13.9. The molecule has 108 valence electrons. The van der Waals surface area contributed by atoms with Gasteiger partial charge in [-0.3, -0.25) is 4.79 Å². The molecule has 0 spiro atoms. The number of carbonyl (C=O) groups is 1.